The molecule has 0 aliphatic carbocycles. The number of halogens is 1. The Labute approximate surface area is 99.8 Å². The lowest BCUT2D eigenvalue weighted by Gasteiger charge is -2.03. The molecule has 0 bridgehead atoms. The SMILES string of the molecule is O=C(Nc1cn[nH]c1)c1ccc([N+](=O)[O-])cc1F. The number of carbonyl (C=O) groups excluding carboxylic acids is 1. The molecule has 92 valence electrons. The fourth-order valence-corrected chi connectivity index (χ4v) is 1.32. The molecule has 7 nitrogen and oxygen atoms in total. The number of hydrogen-bond acceptors (Lipinski definition) is 4. The molecule has 0 fully saturated rings. The van der Waals surface area contributed by atoms with E-state index in [1.165, 1.54) is 12.4 Å². The van der Waals surface area contributed by atoms with Gasteiger partial charge in [-0.05, 0) is 6.07 Å². The molecule has 1 aromatic carbocycles. The van der Waals surface area contributed by atoms with Crippen LogP contribution in [-0.2, 0) is 0 Å². The molecule has 8 heteroatoms. The molecule has 0 saturated carbocycles. The number of nitrogens with one attached hydrogen (secondary N) is 2. The van der Waals surface area contributed by atoms with Crippen LogP contribution < -0.4 is 5.32 Å². The summed E-state index contributed by atoms with van der Waals surface area (Å²) in [4.78, 5) is 21.3. The van der Waals surface area contributed by atoms with E-state index in [-0.39, 0.29) is 5.56 Å². The zero-order valence-electron chi connectivity index (χ0n) is 8.88. The highest BCUT2D eigenvalue weighted by atomic mass is 19.1. The number of nitrogens with zero attached hydrogens (tertiary/aromatic N) is 2. The number of rotatable bonds is 3. The molecule has 0 unspecified atom stereocenters. The Morgan fingerprint density at radius 3 is 2.83 bits per heavy atom. The van der Waals surface area contributed by atoms with E-state index in [1.807, 2.05) is 0 Å². The Morgan fingerprint density at radius 1 is 1.50 bits per heavy atom. The van der Waals surface area contributed by atoms with E-state index in [4.69, 9.17) is 0 Å². The summed E-state index contributed by atoms with van der Waals surface area (Å²) in [6.45, 7) is 0. The maximum atomic E-state index is 13.5. The first-order chi connectivity index (χ1) is 8.58. The molecule has 0 spiro atoms. The summed E-state index contributed by atoms with van der Waals surface area (Å²) in [5.41, 5.74) is -0.313. The Kier molecular flexibility index (Phi) is 3.00. The molecule has 18 heavy (non-hydrogen) atoms. The molecule has 1 aromatic heterocycles. The molecule has 0 aliphatic rings. The molecule has 0 saturated heterocycles. The lowest BCUT2D eigenvalue weighted by molar-refractivity contribution is -0.385. The predicted molar refractivity (Wildman–Crippen MR) is 59.6 cm³/mol. The van der Waals surface area contributed by atoms with Crippen molar-refractivity contribution in [1.82, 2.24) is 10.2 Å². The minimum absolute atomic E-state index is 0.276. The van der Waals surface area contributed by atoms with Gasteiger partial charge in [-0.15, -0.1) is 0 Å². The number of non-ortho nitro benzene ring substituents is 1. The van der Waals surface area contributed by atoms with Gasteiger partial charge in [-0.3, -0.25) is 20.0 Å². The molecule has 1 heterocycles. The topological polar surface area (TPSA) is 101 Å². The van der Waals surface area contributed by atoms with Crippen molar-refractivity contribution < 1.29 is 14.1 Å². The monoisotopic (exact) mass is 250 g/mol. The number of aromatic nitrogens is 2. The third-order valence-electron chi connectivity index (χ3n) is 2.16. The molecular weight excluding hydrogens is 243 g/mol. The quantitative estimate of drug-likeness (QED) is 0.639. The van der Waals surface area contributed by atoms with Gasteiger partial charge >= 0.3 is 0 Å². The number of hydrogen-bond donors (Lipinski definition) is 2. The van der Waals surface area contributed by atoms with E-state index < -0.39 is 22.3 Å². The van der Waals surface area contributed by atoms with Gasteiger partial charge in [-0.25, -0.2) is 4.39 Å². The number of amides is 1. The summed E-state index contributed by atoms with van der Waals surface area (Å²) < 4.78 is 13.5. The van der Waals surface area contributed by atoms with Crippen LogP contribution in [0.4, 0.5) is 15.8 Å². The largest absolute Gasteiger partial charge is 0.319 e. The summed E-state index contributed by atoms with van der Waals surface area (Å²) >= 11 is 0. The number of nitro groups is 1. The van der Waals surface area contributed by atoms with Crippen LogP contribution in [0.3, 0.4) is 0 Å². The average Bonchev–Trinajstić information content (AvgIpc) is 2.81. The van der Waals surface area contributed by atoms with Gasteiger partial charge in [0, 0.05) is 12.3 Å². The Bertz CT molecular complexity index is 597. The van der Waals surface area contributed by atoms with Gasteiger partial charge in [0.25, 0.3) is 11.6 Å². The fraction of sp³-hybridized carbons (Fsp3) is 0. The second-order valence-electron chi connectivity index (χ2n) is 3.36. The summed E-state index contributed by atoms with van der Waals surface area (Å²) in [7, 11) is 0. The van der Waals surface area contributed by atoms with Crippen LogP contribution in [0.15, 0.2) is 30.6 Å². The summed E-state index contributed by atoms with van der Waals surface area (Å²) in [5.74, 6) is -1.66. The molecule has 1 amide bonds. The highest BCUT2D eigenvalue weighted by Gasteiger charge is 2.16. The first-order valence-electron chi connectivity index (χ1n) is 4.82. The van der Waals surface area contributed by atoms with Crippen molar-refractivity contribution in [1.29, 1.82) is 0 Å². The van der Waals surface area contributed by atoms with Gasteiger partial charge in [-0.1, -0.05) is 0 Å². The Morgan fingerprint density at radius 2 is 2.28 bits per heavy atom. The van der Waals surface area contributed by atoms with Gasteiger partial charge in [0.05, 0.1) is 28.4 Å². The third-order valence-corrected chi connectivity index (χ3v) is 2.16. The number of carbonyl (C=O) groups is 1. The summed E-state index contributed by atoms with van der Waals surface area (Å²) in [6.07, 6.45) is 2.77. The smallest absolute Gasteiger partial charge is 0.272 e. The average molecular weight is 250 g/mol. The lowest BCUT2D eigenvalue weighted by Crippen LogP contribution is -2.13. The van der Waals surface area contributed by atoms with E-state index in [0.29, 0.717) is 11.8 Å². The van der Waals surface area contributed by atoms with Crippen LogP contribution in [0.25, 0.3) is 0 Å². The molecule has 0 atom stereocenters. The molecule has 2 N–H and O–H groups in total. The minimum atomic E-state index is -0.954. The zero-order chi connectivity index (χ0) is 13.1. The number of H-pyrrole nitrogens is 1. The Hall–Kier alpha value is -2.77. The van der Waals surface area contributed by atoms with E-state index in [9.17, 15) is 19.3 Å². The minimum Gasteiger partial charge on any atom is -0.319 e. The van der Waals surface area contributed by atoms with E-state index in [1.54, 1.807) is 0 Å². The lowest BCUT2D eigenvalue weighted by atomic mass is 10.2. The molecule has 2 rings (SSSR count). The summed E-state index contributed by atoms with van der Waals surface area (Å²) in [6, 6.07) is 2.82. The molecule has 2 aromatic rings. The van der Waals surface area contributed by atoms with E-state index in [0.717, 1.165) is 12.1 Å². The number of anilines is 1. The van der Waals surface area contributed by atoms with Crippen LogP contribution >= 0.6 is 0 Å². The maximum absolute atomic E-state index is 13.5. The van der Waals surface area contributed by atoms with Crippen molar-refractivity contribution >= 4 is 17.3 Å². The predicted octanol–water partition coefficient (Wildman–Crippen LogP) is 1.71. The second-order valence-corrected chi connectivity index (χ2v) is 3.36. The summed E-state index contributed by atoms with van der Waals surface area (Å²) in [5, 5.41) is 18.9. The van der Waals surface area contributed by atoms with Gasteiger partial charge < -0.3 is 5.32 Å². The van der Waals surface area contributed by atoms with Crippen LogP contribution in [0.5, 0.6) is 0 Å². The van der Waals surface area contributed by atoms with E-state index in [2.05, 4.69) is 15.5 Å². The second kappa shape index (κ2) is 4.62. The standard InChI is InChI=1S/C10H7FN4O3/c11-9-3-7(15(17)18)1-2-8(9)10(16)14-6-4-12-13-5-6/h1-5H,(H,12,13)(H,14,16). The number of aromatic amines is 1. The maximum Gasteiger partial charge on any atom is 0.272 e. The zero-order valence-corrected chi connectivity index (χ0v) is 8.88. The van der Waals surface area contributed by atoms with Crippen molar-refractivity contribution in [2.75, 3.05) is 5.32 Å². The van der Waals surface area contributed by atoms with Crippen molar-refractivity contribution in [2.24, 2.45) is 0 Å². The highest BCUT2D eigenvalue weighted by molar-refractivity contribution is 6.04. The van der Waals surface area contributed by atoms with E-state index >= 15 is 0 Å². The van der Waals surface area contributed by atoms with Gasteiger partial charge in [-0.2, -0.15) is 5.10 Å². The number of nitro benzene ring substituents is 1. The van der Waals surface area contributed by atoms with Gasteiger partial charge in [0.2, 0.25) is 0 Å². The van der Waals surface area contributed by atoms with Crippen LogP contribution in [0.2, 0.25) is 0 Å². The molecule has 0 aliphatic heterocycles. The third kappa shape index (κ3) is 2.32. The fourth-order valence-electron chi connectivity index (χ4n) is 1.32. The van der Waals surface area contributed by atoms with Crippen LogP contribution in [0, 0.1) is 15.9 Å². The van der Waals surface area contributed by atoms with Gasteiger partial charge in [0.1, 0.15) is 5.82 Å². The molecular formula is C10H7FN4O3. The van der Waals surface area contributed by atoms with Gasteiger partial charge in [0.15, 0.2) is 0 Å². The number of benzene rings is 1. The first kappa shape index (κ1) is 11.7. The Balaban J connectivity index is 2.23. The van der Waals surface area contributed by atoms with Crippen molar-refractivity contribution in [3.8, 4) is 0 Å². The highest BCUT2D eigenvalue weighted by Crippen LogP contribution is 2.17. The first-order valence-corrected chi connectivity index (χ1v) is 4.82. The van der Waals surface area contributed by atoms with Crippen LogP contribution in [-0.4, -0.2) is 21.0 Å². The van der Waals surface area contributed by atoms with Crippen molar-refractivity contribution in [2.45, 2.75) is 0 Å². The van der Waals surface area contributed by atoms with Crippen molar-refractivity contribution in [3.05, 3.63) is 52.1 Å². The van der Waals surface area contributed by atoms with Crippen molar-refractivity contribution in [3.63, 3.8) is 0 Å². The molecule has 0 radical (unpaired) electrons. The van der Waals surface area contributed by atoms with Crippen LogP contribution in [0.1, 0.15) is 10.4 Å². The normalized spacial score (nSPS) is 10.1.